The number of thiol groups is 1. The molecule has 6 rings (SSSR count). The fourth-order valence-electron chi connectivity index (χ4n) is 7.96. The van der Waals surface area contributed by atoms with Crippen LogP contribution in [0.4, 0.5) is 20.2 Å². The number of nitrogens with zero attached hydrogens (tertiary/aromatic N) is 5. The molecule has 3 heterocycles. The number of hydrogen-bond donors (Lipinski definition) is 4. The molecule has 4 amide bonds. The number of carbonyl (C=O) groups is 4. The number of hydrogen-bond acceptors (Lipinski definition) is 13. The quantitative estimate of drug-likeness (QED) is 0.0564. The van der Waals surface area contributed by atoms with E-state index in [0.717, 1.165) is 16.0 Å². The summed E-state index contributed by atoms with van der Waals surface area (Å²) in [6.45, 7) is 9.69. The monoisotopic (exact) mass is 979 g/mol. The molecule has 1 aromatic heterocycles. The van der Waals surface area contributed by atoms with E-state index in [0.29, 0.717) is 43.9 Å². The SMILES string of the molecule is CC(C)(C)[C@H](NC(=O)COCCCOCCCCOc1ccc(N2C(S)N(c3ccc(C#N)c(Cl)c3F)C(=O)C2(C)C)cc1F)C(=O)N1C[C@H](O)C[C@H]1C(=O)NCc1ccc(-c2cnco2)cc1. The number of nitrogens with one attached hydrogen (secondary N) is 2. The first-order valence-electron chi connectivity index (χ1n) is 22.1. The molecular formula is C48H56ClF2N7O9S. The van der Waals surface area contributed by atoms with Gasteiger partial charge in [0.15, 0.2) is 35.0 Å². The third-order valence-corrected chi connectivity index (χ3v) is 12.4. The number of carbonyl (C=O) groups excluding carboxylic acids is 4. The summed E-state index contributed by atoms with van der Waals surface area (Å²) in [5.74, 6) is -2.88. The number of amides is 4. The van der Waals surface area contributed by atoms with E-state index in [2.05, 4.69) is 28.2 Å². The number of anilines is 2. The molecule has 16 nitrogen and oxygen atoms in total. The second kappa shape index (κ2) is 22.6. The summed E-state index contributed by atoms with van der Waals surface area (Å²) in [5, 5.41) is 24.9. The molecule has 1 unspecified atom stereocenters. The van der Waals surface area contributed by atoms with Gasteiger partial charge in [-0.2, -0.15) is 5.26 Å². The van der Waals surface area contributed by atoms with E-state index in [4.69, 9.17) is 30.2 Å². The van der Waals surface area contributed by atoms with Gasteiger partial charge in [0.2, 0.25) is 17.7 Å². The highest BCUT2D eigenvalue weighted by Crippen LogP contribution is 2.43. The zero-order valence-electron chi connectivity index (χ0n) is 38.5. The Labute approximate surface area is 404 Å². The summed E-state index contributed by atoms with van der Waals surface area (Å²) in [7, 11) is 0. The first-order chi connectivity index (χ1) is 32.3. The molecule has 2 aliphatic rings. The Bertz CT molecular complexity index is 2470. The lowest BCUT2D eigenvalue weighted by Crippen LogP contribution is -2.58. The van der Waals surface area contributed by atoms with E-state index in [1.807, 2.05) is 24.3 Å². The van der Waals surface area contributed by atoms with Gasteiger partial charge in [-0.25, -0.2) is 13.8 Å². The predicted octanol–water partition coefficient (Wildman–Crippen LogP) is 6.38. The van der Waals surface area contributed by atoms with E-state index in [1.54, 1.807) is 57.9 Å². The number of ether oxygens (including phenoxy) is 3. The van der Waals surface area contributed by atoms with Gasteiger partial charge >= 0.3 is 0 Å². The fourth-order valence-corrected chi connectivity index (χ4v) is 8.81. The fraction of sp³-hybridized carbons (Fsp3) is 0.458. The van der Waals surface area contributed by atoms with E-state index in [9.17, 15) is 29.5 Å². The Morgan fingerprint density at radius 2 is 1.75 bits per heavy atom. The van der Waals surface area contributed by atoms with Crippen molar-refractivity contribution < 1.29 is 51.7 Å². The second-order valence-electron chi connectivity index (χ2n) is 18.1. The molecule has 4 atom stereocenters. The van der Waals surface area contributed by atoms with Crippen LogP contribution in [0.5, 0.6) is 5.75 Å². The van der Waals surface area contributed by atoms with Crippen LogP contribution in [0.1, 0.15) is 71.4 Å². The van der Waals surface area contributed by atoms with E-state index < -0.39 is 74.9 Å². The first-order valence-corrected chi connectivity index (χ1v) is 23.0. The van der Waals surface area contributed by atoms with Gasteiger partial charge in [-0.05, 0) is 68.4 Å². The van der Waals surface area contributed by atoms with Crippen LogP contribution in [-0.2, 0) is 35.2 Å². The standard InChI is InChI=1S/C48H56ClF2N7O9S/c1-47(2,3)42(44(62)56-26-33(59)22-36(56)43(61)54-24-29-9-11-30(12-10-29)38-25-53-28-67-38)55-39(60)27-65-19-8-18-64-17-6-7-20-66-37-16-14-32(21-34(37)50)58-46(68)57(45(63)48(58,4)5)35-15-13-31(23-52)40(49)41(35)51/h9-16,21,25,28,33,36,42,46,59,68H,6-8,17-20,22,24,26-27H2,1-5H3,(H,54,61)(H,55,60)/t33-,36+,42-,46?/m1/s1. The van der Waals surface area contributed by atoms with Crippen molar-refractivity contribution >= 4 is 59.2 Å². The van der Waals surface area contributed by atoms with Crippen molar-refractivity contribution in [2.24, 2.45) is 5.41 Å². The van der Waals surface area contributed by atoms with Gasteiger partial charge in [0.05, 0.1) is 35.2 Å². The lowest BCUT2D eigenvalue weighted by molar-refractivity contribution is -0.144. The van der Waals surface area contributed by atoms with Gasteiger partial charge in [-0.1, -0.05) is 56.6 Å². The number of unbranched alkanes of at least 4 members (excludes halogenated alkanes) is 1. The number of oxazole rings is 1. The highest BCUT2D eigenvalue weighted by Gasteiger charge is 2.52. The molecule has 4 aromatic rings. The molecule has 2 fully saturated rings. The number of β-amino-alcohol motifs (C(OH)–C–C–N with tert-alkyl or cyclic N) is 1. The smallest absolute Gasteiger partial charge is 0.254 e. The third kappa shape index (κ3) is 12.1. The van der Waals surface area contributed by atoms with Gasteiger partial charge in [0, 0.05) is 56.6 Å². The minimum Gasteiger partial charge on any atom is -0.491 e. The zero-order chi connectivity index (χ0) is 49.3. The number of nitriles is 1. The lowest BCUT2D eigenvalue weighted by Gasteiger charge is -2.35. The van der Waals surface area contributed by atoms with Crippen LogP contribution in [0.3, 0.4) is 0 Å². The molecule has 0 saturated carbocycles. The molecule has 0 radical (unpaired) electrons. The van der Waals surface area contributed by atoms with Gasteiger partial charge in [-0.15, -0.1) is 12.6 Å². The van der Waals surface area contributed by atoms with E-state index in [1.165, 1.54) is 35.6 Å². The number of rotatable bonds is 20. The Balaban J connectivity index is 0.871. The van der Waals surface area contributed by atoms with Crippen LogP contribution in [0.15, 0.2) is 71.6 Å². The number of likely N-dealkylation sites (tertiary alicyclic amines) is 1. The number of halogens is 3. The van der Waals surface area contributed by atoms with Crippen LogP contribution in [0.25, 0.3) is 11.3 Å². The van der Waals surface area contributed by atoms with Crippen molar-refractivity contribution in [3.05, 3.63) is 95.0 Å². The number of benzene rings is 3. The van der Waals surface area contributed by atoms with Crippen molar-refractivity contribution in [2.75, 3.05) is 49.4 Å². The van der Waals surface area contributed by atoms with Gasteiger partial charge in [-0.3, -0.25) is 24.1 Å². The van der Waals surface area contributed by atoms with Crippen LogP contribution in [0, 0.1) is 28.4 Å². The van der Waals surface area contributed by atoms with E-state index >= 15 is 8.78 Å². The summed E-state index contributed by atoms with van der Waals surface area (Å²) < 4.78 is 52.8. The van der Waals surface area contributed by atoms with Crippen molar-refractivity contribution in [1.29, 1.82) is 5.26 Å². The van der Waals surface area contributed by atoms with Gasteiger partial charge in [0.1, 0.15) is 30.3 Å². The van der Waals surface area contributed by atoms with Crippen LogP contribution in [0.2, 0.25) is 5.02 Å². The molecule has 0 bridgehead atoms. The summed E-state index contributed by atoms with van der Waals surface area (Å²) in [6.07, 6.45) is 3.80. The Kier molecular flexibility index (Phi) is 17.1. The van der Waals surface area contributed by atoms with Gasteiger partial charge < -0.3 is 44.2 Å². The first kappa shape index (κ1) is 51.6. The molecule has 2 saturated heterocycles. The molecule has 20 heteroatoms. The molecule has 364 valence electrons. The maximum Gasteiger partial charge on any atom is 0.254 e. The Morgan fingerprint density at radius 1 is 1.04 bits per heavy atom. The van der Waals surface area contributed by atoms with Crippen LogP contribution in [-0.4, -0.2) is 107 Å². The molecule has 3 N–H and O–H groups in total. The minimum absolute atomic E-state index is 0.0101. The number of aliphatic hydroxyl groups is 1. The molecule has 68 heavy (non-hydrogen) atoms. The lowest BCUT2D eigenvalue weighted by atomic mass is 9.85. The molecule has 0 spiro atoms. The largest absolute Gasteiger partial charge is 0.491 e. The minimum atomic E-state index is -1.25. The predicted molar refractivity (Wildman–Crippen MR) is 252 cm³/mol. The van der Waals surface area contributed by atoms with Crippen molar-refractivity contribution in [2.45, 2.75) is 96.1 Å². The van der Waals surface area contributed by atoms with Gasteiger partial charge in [0.25, 0.3) is 5.91 Å². The number of aliphatic hydroxyl groups excluding tert-OH is 1. The van der Waals surface area contributed by atoms with Crippen molar-refractivity contribution in [3.63, 3.8) is 0 Å². The molecule has 2 aliphatic heterocycles. The topological polar surface area (TPSA) is 200 Å². The van der Waals surface area contributed by atoms with Crippen LogP contribution >= 0.6 is 24.2 Å². The average molecular weight is 981 g/mol. The summed E-state index contributed by atoms with van der Waals surface area (Å²) in [6, 6.07) is 14.1. The highest BCUT2D eigenvalue weighted by molar-refractivity contribution is 7.81. The van der Waals surface area contributed by atoms with Crippen molar-refractivity contribution in [1.82, 2.24) is 20.5 Å². The maximum absolute atomic E-state index is 15.3. The zero-order valence-corrected chi connectivity index (χ0v) is 40.1. The Hall–Kier alpha value is -5.78. The molecule has 0 aliphatic carbocycles. The number of aromatic nitrogens is 1. The summed E-state index contributed by atoms with van der Waals surface area (Å²) in [4.78, 5) is 61.7. The van der Waals surface area contributed by atoms with E-state index in [-0.39, 0.29) is 56.3 Å². The maximum atomic E-state index is 15.3. The molecular weight excluding hydrogens is 924 g/mol. The molecule has 3 aromatic carbocycles. The van der Waals surface area contributed by atoms with Crippen molar-refractivity contribution in [3.8, 4) is 23.1 Å². The normalized spacial score (nSPS) is 18.4. The average Bonchev–Trinajstić information content (AvgIpc) is 4.02. The van der Waals surface area contributed by atoms with Crippen LogP contribution < -0.4 is 25.2 Å². The second-order valence-corrected chi connectivity index (χ2v) is 18.9. The Morgan fingerprint density at radius 3 is 2.43 bits per heavy atom. The summed E-state index contributed by atoms with van der Waals surface area (Å²) in [5.41, 5.74) is -1.27. The summed E-state index contributed by atoms with van der Waals surface area (Å²) >= 11 is 10.6. The third-order valence-electron chi connectivity index (χ3n) is 11.6. The highest BCUT2D eigenvalue weighted by atomic mass is 35.5.